The molecule has 0 amide bonds. The van der Waals surface area contributed by atoms with Crippen molar-refractivity contribution in [3.63, 3.8) is 0 Å². The lowest BCUT2D eigenvalue weighted by Crippen LogP contribution is -2.29. The van der Waals surface area contributed by atoms with Crippen LogP contribution < -0.4 is 10.4 Å². The molecule has 1 N–H and O–H groups in total. The fourth-order valence-corrected chi connectivity index (χ4v) is 1.72. The highest BCUT2D eigenvalue weighted by atomic mass is 16.4. The van der Waals surface area contributed by atoms with Crippen LogP contribution in [0.1, 0.15) is 19.4 Å². The fourth-order valence-electron chi connectivity index (χ4n) is 1.72. The molecule has 0 bridgehead atoms. The third kappa shape index (κ3) is 3.85. The lowest BCUT2D eigenvalue weighted by molar-refractivity contribution is -0.146. The second kappa shape index (κ2) is 5.57. The summed E-state index contributed by atoms with van der Waals surface area (Å²) in [5.41, 5.74) is 0.121. The Kier molecular flexibility index (Phi) is 4.34. The quantitative estimate of drug-likeness (QED) is 0.644. The summed E-state index contributed by atoms with van der Waals surface area (Å²) in [6, 6.07) is 5.58. The third-order valence-corrected chi connectivity index (χ3v) is 2.92. The van der Waals surface area contributed by atoms with E-state index in [4.69, 9.17) is 10.4 Å². The number of hydrogen-bond acceptors (Lipinski definition) is 3. The third-order valence-electron chi connectivity index (χ3n) is 2.92. The van der Waals surface area contributed by atoms with Gasteiger partial charge in [-0.3, -0.25) is 9.69 Å². The van der Waals surface area contributed by atoms with E-state index in [1.165, 1.54) is 4.90 Å². The molecule has 1 aromatic rings. The summed E-state index contributed by atoms with van der Waals surface area (Å²) in [5, 5.41) is 19.5. The molecule has 0 radical (unpaired) electrons. The van der Waals surface area contributed by atoms with Crippen LogP contribution in [0.3, 0.4) is 0 Å². The van der Waals surface area contributed by atoms with Crippen molar-refractivity contribution in [3.05, 3.63) is 34.2 Å². The van der Waals surface area contributed by atoms with E-state index in [1.54, 1.807) is 27.1 Å². The number of rotatable bonds is 4. The summed E-state index contributed by atoms with van der Waals surface area (Å²) in [5.74, 6) is -0.821. The van der Waals surface area contributed by atoms with Crippen molar-refractivity contribution >= 4 is 18.7 Å². The monoisotopic (exact) mass is 258 g/mol. The van der Waals surface area contributed by atoms with Crippen molar-refractivity contribution in [2.75, 3.05) is 7.05 Å². The molecule has 1 rings (SSSR count). The number of nitrogens with zero attached hydrogens (tertiary/aromatic N) is 2. The minimum Gasteiger partial charge on any atom is -0.481 e. The van der Waals surface area contributed by atoms with Gasteiger partial charge in [0.2, 0.25) is 0 Å². The van der Waals surface area contributed by atoms with Crippen LogP contribution in [0.4, 0.5) is 0 Å². The maximum atomic E-state index is 11.1. The molecule has 0 aliphatic carbocycles. The summed E-state index contributed by atoms with van der Waals surface area (Å²) >= 11 is 0. The lowest BCUT2D eigenvalue weighted by Gasteiger charge is -2.18. The molecular weight excluding hydrogens is 240 g/mol. The summed E-state index contributed by atoms with van der Waals surface area (Å²) in [4.78, 5) is 12.5. The van der Waals surface area contributed by atoms with Crippen molar-refractivity contribution < 1.29 is 9.90 Å². The Bertz CT molecular complexity index is 627. The van der Waals surface area contributed by atoms with Crippen LogP contribution >= 0.6 is 0 Å². The van der Waals surface area contributed by atoms with Crippen molar-refractivity contribution in [1.82, 2.24) is 4.90 Å². The molecule has 19 heavy (non-hydrogen) atoms. The zero-order valence-electron chi connectivity index (χ0n) is 11.5. The molecule has 0 atom stereocenters. The Balaban J connectivity index is 3.09. The molecule has 0 aliphatic heterocycles. The maximum absolute atomic E-state index is 11.1. The Morgan fingerprint density at radius 2 is 2.21 bits per heavy atom. The summed E-state index contributed by atoms with van der Waals surface area (Å²) in [6.45, 7) is 7.32. The van der Waals surface area contributed by atoms with Crippen molar-refractivity contribution in [2.24, 2.45) is 5.41 Å². The van der Waals surface area contributed by atoms with Gasteiger partial charge in [-0.2, -0.15) is 5.26 Å². The van der Waals surface area contributed by atoms with Crippen molar-refractivity contribution in [3.8, 4) is 6.19 Å². The van der Waals surface area contributed by atoms with Gasteiger partial charge in [-0.25, -0.2) is 0 Å². The molecule has 0 unspecified atom stereocenters. The Labute approximate surface area is 112 Å². The van der Waals surface area contributed by atoms with E-state index in [1.807, 2.05) is 24.4 Å². The zero-order valence-corrected chi connectivity index (χ0v) is 11.5. The predicted octanol–water partition coefficient (Wildman–Crippen LogP) is 0.901. The van der Waals surface area contributed by atoms with E-state index in [-0.39, 0.29) is 0 Å². The smallest absolute Gasteiger partial charge is 0.309 e. The summed E-state index contributed by atoms with van der Waals surface area (Å²) in [7, 11) is 1.65. The highest BCUT2D eigenvalue weighted by molar-refractivity contribution is 5.74. The van der Waals surface area contributed by atoms with Crippen molar-refractivity contribution in [1.29, 1.82) is 5.26 Å². The van der Waals surface area contributed by atoms with Crippen LogP contribution in [0, 0.1) is 16.9 Å². The van der Waals surface area contributed by atoms with Crippen LogP contribution in [-0.2, 0) is 11.2 Å². The minimum atomic E-state index is -0.821. The van der Waals surface area contributed by atoms with Gasteiger partial charge in [-0.05, 0) is 36.3 Å². The zero-order chi connectivity index (χ0) is 14.6. The van der Waals surface area contributed by atoms with Gasteiger partial charge in [0.25, 0.3) is 0 Å². The van der Waals surface area contributed by atoms with Gasteiger partial charge in [-0.15, -0.1) is 0 Å². The number of carboxylic acid groups (broad SMARTS) is 1. The van der Waals surface area contributed by atoms with Crippen molar-refractivity contribution in [2.45, 2.75) is 20.3 Å². The minimum absolute atomic E-state index is 0.444. The largest absolute Gasteiger partial charge is 0.481 e. The molecule has 0 aromatic heterocycles. The molecule has 4 nitrogen and oxygen atoms in total. The molecule has 4 heteroatoms. The Morgan fingerprint density at radius 3 is 2.68 bits per heavy atom. The molecule has 100 valence electrons. The molecular formula is C15H18N2O2. The van der Waals surface area contributed by atoms with Crippen LogP contribution in [-0.4, -0.2) is 23.0 Å². The second-order valence-corrected chi connectivity index (χ2v) is 5.24. The van der Waals surface area contributed by atoms with E-state index in [2.05, 4.69) is 6.58 Å². The first-order chi connectivity index (χ1) is 8.76. The van der Waals surface area contributed by atoms with Crippen LogP contribution in [0.2, 0.25) is 0 Å². The number of carbonyl (C=O) groups is 1. The molecule has 1 aromatic carbocycles. The van der Waals surface area contributed by atoms with Gasteiger partial charge in [0, 0.05) is 13.2 Å². The number of carboxylic acids is 1. The SMILES string of the molecule is C=c1cc(CC(C)(C)C(=O)O)cc/c1=C/N(C)C#N. The fraction of sp³-hybridized carbons (Fsp3) is 0.333. The van der Waals surface area contributed by atoms with Crippen LogP contribution in [0.5, 0.6) is 0 Å². The summed E-state index contributed by atoms with van der Waals surface area (Å²) in [6.07, 6.45) is 4.11. The number of benzene rings is 1. The van der Waals surface area contributed by atoms with Gasteiger partial charge < -0.3 is 5.11 Å². The van der Waals surface area contributed by atoms with Gasteiger partial charge in [0.15, 0.2) is 6.19 Å². The first-order valence-corrected chi connectivity index (χ1v) is 5.92. The van der Waals surface area contributed by atoms with Gasteiger partial charge >= 0.3 is 5.97 Å². The average molecular weight is 258 g/mol. The lowest BCUT2D eigenvalue weighted by atomic mass is 9.86. The van der Waals surface area contributed by atoms with E-state index >= 15 is 0 Å². The molecule has 0 aliphatic rings. The first-order valence-electron chi connectivity index (χ1n) is 5.92. The standard InChI is InChI=1S/C15H18N2O2/c1-11-7-12(8-15(2,3)14(18)19)5-6-13(11)9-17(4)10-16/h5-7,9H,1,8H2,2-4H3,(H,18,19)/b13-9-. The predicted molar refractivity (Wildman–Crippen MR) is 74.2 cm³/mol. The Morgan fingerprint density at radius 1 is 1.58 bits per heavy atom. The molecule has 0 fully saturated rings. The molecule has 0 spiro atoms. The maximum Gasteiger partial charge on any atom is 0.309 e. The van der Waals surface area contributed by atoms with E-state index in [0.717, 1.165) is 16.0 Å². The number of hydrogen-bond donors (Lipinski definition) is 1. The molecule has 0 heterocycles. The number of nitriles is 1. The van der Waals surface area contributed by atoms with Gasteiger partial charge in [-0.1, -0.05) is 24.8 Å². The highest BCUT2D eigenvalue weighted by Crippen LogP contribution is 2.20. The van der Waals surface area contributed by atoms with Gasteiger partial charge in [0.05, 0.1) is 5.41 Å². The average Bonchev–Trinajstić information content (AvgIpc) is 2.31. The number of aliphatic carboxylic acids is 1. The normalized spacial score (nSPS) is 12.0. The summed E-state index contributed by atoms with van der Waals surface area (Å²) < 4.78 is 0. The first kappa shape index (κ1) is 14.8. The molecule has 0 saturated heterocycles. The Hall–Kier alpha value is -2.28. The topological polar surface area (TPSA) is 64.3 Å². The van der Waals surface area contributed by atoms with E-state index in [9.17, 15) is 4.79 Å². The second-order valence-electron chi connectivity index (χ2n) is 5.24. The van der Waals surface area contributed by atoms with E-state index in [0.29, 0.717) is 6.42 Å². The van der Waals surface area contributed by atoms with E-state index < -0.39 is 11.4 Å². The van der Waals surface area contributed by atoms with Gasteiger partial charge in [0.1, 0.15) is 0 Å². The van der Waals surface area contributed by atoms with Crippen LogP contribution in [0.25, 0.3) is 12.8 Å². The molecule has 0 saturated carbocycles. The highest BCUT2D eigenvalue weighted by Gasteiger charge is 2.27. The van der Waals surface area contributed by atoms with Crippen LogP contribution in [0.15, 0.2) is 18.2 Å².